The highest BCUT2D eigenvalue weighted by Crippen LogP contribution is 2.05. The van der Waals surface area contributed by atoms with Gasteiger partial charge in [-0.2, -0.15) is 11.8 Å². The Morgan fingerprint density at radius 1 is 1.32 bits per heavy atom. The number of benzene rings is 1. The van der Waals surface area contributed by atoms with Gasteiger partial charge in [0.15, 0.2) is 5.96 Å². The maximum Gasteiger partial charge on any atom is 0.191 e. The third-order valence-electron chi connectivity index (χ3n) is 2.55. The fraction of sp³-hybridized carbons (Fsp3) is 0.500. The average molecular weight is 283 g/mol. The lowest BCUT2D eigenvalue weighted by molar-refractivity contribution is 0.607. The maximum absolute atomic E-state index is 13.4. The van der Waals surface area contributed by atoms with Gasteiger partial charge in [0.1, 0.15) is 5.82 Å². The summed E-state index contributed by atoms with van der Waals surface area (Å²) in [6.07, 6.45) is 2.72. The Morgan fingerprint density at radius 3 is 2.79 bits per heavy atom. The molecular formula is C14H22FN3S. The van der Waals surface area contributed by atoms with E-state index in [1.807, 2.05) is 19.1 Å². The van der Waals surface area contributed by atoms with Crippen LogP contribution in [0.15, 0.2) is 29.3 Å². The molecule has 0 saturated carbocycles. The number of nitrogens with one attached hydrogen (secondary N) is 2. The first kappa shape index (κ1) is 15.8. The van der Waals surface area contributed by atoms with Gasteiger partial charge in [-0.15, -0.1) is 0 Å². The van der Waals surface area contributed by atoms with Crippen molar-refractivity contribution in [2.24, 2.45) is 4.99 Å². The summed E-state index contributed by atoms with van der Waals surface area (Å²) in [6.45, 7) is 4.32. The standard InChI is InChI=1S/C14H22FN3S/c1-3-16-14(18-10-11-19-2)17-9-8-12-6-4-5-7-13(12)15/h4-7H,3,8-11H2,1-2H3,(H2,16,17,18). The molecule has 0 aliphatic rings. The van der Waals surface area contributed by atoms with E-state index in [4.69, 9.17) is 0 Å². The molecule has 0 radical (unpaired) electrons. The Bertz CT molecular complexity index is 396. The van der Waals surface area contributed by atoms with E-state index in [0.717, 1.165) is 30.4 Å². The zero-order valence-electron chi connectivity index (χ0n) is 11.6. The highest BCUT2D eigenvalue weighted by Gasteiger charge is 2.01. The van der Waals surface area contributed by atoms with E-state index in [2.05, 4.69) is 21.9 Å². The van der Waals surface area contributed by atoms with Gasteiger partial charge in [0.2, 0.25) is 0 Å². The van der Waals surface area contributed by atoms with Crippen molar-refractivity contribution < 1.29 is 4.39 Å². The van der Waals surface area contributed by atoms with Gasteiger partial charge in [-0.1, -0.05) is 18.2 Å². The minimum absolute atomic E-state index is 0.145. The van der Waals surface area contributed by atoms with Crippen LogP contribution in [0.4, 0.5) is 4.39 Å². The Hall–Kier alpha value is -1.23. The second-order valence-corrected chi connectivity index (χ2v) is 5.01. The van der Waals surface area contributed by atoms with E-state index in [1.54, 1.807) is 17.8 Å². The molecule has 1 rings (SSSR count). The molecule has 1 aromatic rings. The highest BCUT2D eigenvalue weighted by molar-refractivity contribution is 7.98. The molecule has 19 heavy (non-hydrogen) atoms. The van der Waals surface area contributed by atoms with E-state index in [-0.39, 0.29) is 5.82 Å². The second kappa shape index (κ2) is 9.67. The van der Waals surface area contributed by atoms with Gasteiger partial charge >= 0.3 is 0 Å². The van der Waals surface area contributed by atoms with Gasteiger partial charge in [-0.25, -0.2) is 4.39 Å². The summed E-state index contributed by atoms with van der Waals surface area (Å²) in [5, 5.41) is 6.40. The average Bonchev–Trinajstić information content (AvgIpc) is 2.41. The third-order valence-corrected chi connectivity index (χ3v) is 3.14. The Kier molecular flexibility index (Phi) is 8.05. The van der Waals surface area contributed by atoms with Crippen LogP contribution in [-0.4, -0.2) is 37.6 Å². The lowest BCUT2D eigenvalue weighted by Gasteiger charge is -2.11. The lowest BCUT2D eigenvalue weighted by Crippen LogP contribution is -2.38. The van der Waals surface area contributed by atoms with Gasteiger partial charge in [-0.3, -0.25) is 4.99 Å². The molecule has 0 heterocycles. The zero-order valence-corrected chi connectivity index (χ0v) is 12.4. The lowest BCUT2D eigenvalue weighted by atomic mass is 10.1. The summed E-state index contributed by atoms with van der Waals surface area (Å²) >= 11 is 1.77. The number of nitrogens with zero attached hydrogens (tertiary/aromatic N) is 1. The largest absolute Gasteiger partial charge is 0.357 e. The highest BCUT2D eigenvalue weighted by atomic mass is 32.2. The molecule has 3 nitrogen and oxygen atoms in total. The number of halogens is 1. The number of aliphatic imine (C=N–C) groups is 1. The molecule has 106 valence electrons. The van der Waals surface area contributed by atoms with Crippen LogP contribution >= 0.6 is 11.8 Å². The first-order valence-electron chi connectivity index (χ1n) is 6.52. The van der Waals surface area contributed by atoms with E-state index >= 15 is 0 Å². The van der Waals surface area contributed by atoms with E-state index in [1.165, 1.54) is 6.07 Å². The van der Waals surface area contributed by atoms with Crippen LogP contribution in [0.2, 0.25) is 0 Å². The molecule has 0 bridgehead atoms. The second-order valence-electron chi connectivity index (χ2n) is 4.02. The monoisotopic (exact) mass is 283 g/mol. The summed E-state index contributed by atoms with van der Waals surface area (Å²) in [7, 11) is 0. The fourth-order valence-corrected chi connectivity index (χ4v) is 1.88. The van der Waals surface area contributed by atoms with Gasteiger partial charge in [0.05, 0.1) is 6.54 Å². The van der Waals surface area contributed by atoms with Crippen molar-refractivity contribution >= 4 is 17.7 Å². The van der Waals surface area contributed by atoms with Crippen LogP contribution in [0.3, 0.4) is 0 Å². The van der Waals surface area contributed by atoms with Crippen molar-refractivity contribution in [2.75, 3.05) is 31.6 Å². The van der Waals surface area contributed by atoms with Crippen molar-refractivity contribution in [1.82, 2.24) is 10.6 Å². The normalized spacial score (nSPS) is 11.4. The quantitative estimate of drug-likeness (QED) is 0.458. The van der Waals surface area contributed by atoms with E-state index in [9.17, 15) is 4.39 Å². The molecule has 0 saturated heterocycles. The van der Waals surface area contributed by atoms with Crippen LogP contribution in [0.5, 0.6) is 0 Å². The number of thioether (sulfide) groups is 1. The first-order valence-corrected chi connectivity index (χ1v) is 7.91. The third kappa shape index (κ3) is 6.47. The summed E-state index contributed by atoms with van der Waals surface area (Å²) < 4.78 is 13.4. The summed E-state index contributed by atoms with van der Waals surface area (Å²) in [4.78, 5) is 4.44. The van der Waals surface area contributed by atoms with Gasteiger partial charge < -0.3 is 10.6 Å². The summed E-state index contributed by atoms with van der Waals surface area (Å²) in [5.74, 6) is 1.66. The summed E-state index contributed by atoms with van der Waals surface area (Å²) in [5.41, 5.74) is 0.731. The van der Waals surface area contributed by atoms with Crippen LogP contribution < -0.4 is 10.6 Å². The van der Waals surface area contributed by atoms with Crippen LogP contribution in [0.1, 0.15) is 12.5 Å². The predicted octanol–water partition coefficient (Wildman–Crippen LogP) is 2.29. The van der Waals surface area contributed by atoms with Crippen molar-refractivity contribution in [1.29, 1.82) is 0 Å². The molecule has 1 aromatic carbocycles. The smallest absolute Gasteiger partial charge is 0.191 e. The minimum atomic E-state index is -0.145. The van der Waals surface area contributed by atoms with Crippen molar-refractivity contribution in [3.63, 3.8) is 0 Å². The molecular weight excluding hydrogens is 261 g/mol. The van der Waals surface area contributed by atoms with Gasteiger partial charge in [0, 0.05) is 18.8 Å². The Balaban J connectivity index is 2.39. The molecule has 0 unspecified atom stereocenters. The minimum Gasteiger partial charge on any atom is -0.357 e. The summed E-state index contributed by atoms with van der Waals surface area (Å²) in [6, 6.07) is 6.87. The molecule has 0 aliphatic heterocycles. The van der Waals surface area contributed by atoms with Crippen LogP contribution in [0.25, 0.3) is 0 Å². The van der Waals surface area contributed by atoms with Crippen LogP contribution in [0, 0.1) is 5.82 Å². The number of rotatable bonds is 7. The molecule has 0 atom stereocenters. The van der Waals surface area contributed by atoms with Gasteiger partial charge in [-0.05, 0) is 31.2 Å². The predicted molar refractivity (Wildman–Crippen MR) is 82.5 cm³/mol. The fourth-order valence-electron chi connectivity index (χ4n) is 1.61. The molecule has 0 aliphatic carbocycles. The first-order chi connectivity index (χ1) is 9.27. The van der Waals surface area contributed by atoms with Crippen molar-refractivity contribution in [3.8, 4) is 0 Å². The SMILES string of the molecule is CCNC(=NCCSC)NCCc1ccccc1F. The van der Waals surface area contributed by atoms with Crippen molar-refractivity contribution in [3.05, 3.63) is 35.6 Å². The number of hydrogen-bond acceptors (Lipinski definition) is 2. The van der Waals surface area contributed by atoms with E-state index < -0.39 is 0 Å². The Labute approximate surface area is 119 Å². The molecule has 0 spiro atoms. The molecule has 0 aromatic heterocycles. The molecule has 2 N–H and O–H groups in total. The number of hydrogen-bond donors (Lipinski definition) is 2. The topological polar surface area (TPSA) is 36.4 Å². The zero-order chi connectivity index (χ0) is 13.9. The van der Waals surface area contributed by atoms with Gasteiger partial charge in [0.25, 0.3) is 0 Å². The van der Waals surface area contributed by atoms with Crippen LogP contribution in [-0.2, 0) is 6.42 Å². The van der Waals surface area contributed by atoms with E-state index in [0.29, 0.717) is 13.0 Å². The molecule has 0 fully saturated rings. The number of guanidine groups is 1. The van der Waals surface area contributed by atoms with Crippen molar-refractivity contribution in [2.45, 2.75) is 13.3 Å². The maximum atomic E-state index is 13.4. The Morgan fingerprint density at radius 2 is 2.11 bits per heavy atom. The molecule has 5 heteroatoms. The molecule has 0 amide bonds.